The molecule has 0 heteroatoms. The Bertz CT molecular complexity index is 306. The van der Waals surface area contributed by atoms with Gasteiger partial charge in [0.25, 0.3) is 0 Å². The van der Waals surface area contributed by atoms with E-state index in [0.717, 1.165) is 35.5 Å². The molecule has 128 valence electrons. The Labute approximate surface area is 139 Å². The molecule has 0 aliphatic heterocycles. The lowest BCUT2D eigenvalue weighted by molar-refractivity contribution is 0.211. The largest absolute Gasteiger partial charge is 0.0625 e. The van der Waals surface area contributed by atoms with E-state index in [2.05, 4.69) is 13.8 Å². The zero-order chi connectivity index (χ0) is 15.4. The van der Waals surface area contributed by atoms with Crippen LogP contribution in [0.25, 0.3) is 0 Å². The molecular formula is C22H40. The molecule has 3 atom stereocenters. The van der Waals surface area contributed by atoms with Crippen LogP contribution in [-0.2, 0) is 0 Å². The van der Waals surface area contributed by atoms with Gasteiger partial charge in [-0.1, -0.05) is 71.6 Å². The Hall–Kier alpha value is 0. The van der Waals surface area contributed by atoms with E-state index >= 15 is 0 Å². The average molecular weight is 305 g/mol. The molecule has 3 rings (SSSR count). The van der Waals surface area contributed by atoms with E-state index in [4.69, 9.17) is 0 Å². The second-order valence-electron chi connectivity index (χ2n) is 9.43. The van der Waals surface area contributed by atoms with Crippen LogP contribution in [0.4, 0.5) is 0 Å². The Balaban J connectivity index is 1.56. The Morgan fingerprint density at radius 1 is 0.409 bits per heavy atom. The predicted octanol–water partition coefficient (Wildman–Crippen LogP) is 7.23. The molecule has 0 nitrogen and oxygen atoms in total. The van der Waals surface area contributed by atoms with Crippen LogP contribution in [0.15, 0.2) is 0 Å². The maximum atomic E-state index is 2.53. The third kappa shape index (κ3) is 5.00. The third-order valence-electron chi connectivity index (χ3n) is 7.38. The summed E-state index contributed by atoms with van der Waals surface area (Å²) in [5.74, 6) is 6.41. The van der Waals surface area contributed by atoms with Gasteiger partial charge in [-0.2, -0.15) is 0 Å². The summed E-state index contributed by atoms with van der Waals surface area (Å²) < 4.78 is 0. The summed E-state index contributed by atoms with van der Waals surface area (Å²) in [6.07, 6.45) is 21.6. The Morgan fingerprint density at radius 2 is 0.818 bits per heavy atom. The van der Waals surface area contributed by atoms with Gasteiger partial charge in [-0.3, -0.25) is 0 Å². The van der Waals surface area contributed by atoms with E-state index in [-0.39, 0.29) is 0 Å². The topological polar surface area (TPSA) is 0 Å². The summed E-state index contributed by atoms with van der Waals surface area (Å²) in [6.45, 7) is 5.01. The van der Waals surface area contributed by atoms with Gasteiger partial charge in [0.15, 0.2) is 0 Å². The molecule has 3 fully saturated rings. The molecule has 0 bridgehead atoms. The molecule has 3 unspecified atom stereocenters. The first-order valence-corrected chi connectivity index (χ1v) is 10.7. The predicted molar refractivity (Wildman–Crippen MR) is 96.9 cm³/mol. The van der Waals surface area contributed by atoms with E-state index in [1.165, 1.54) is 38.5 Å². The standard InChI is InChI=1S/C22H40/c1-17-6-3-9-19(10-4-7-17)20-11-5-8-18(2)16-22(15-14-20)21-12-13-21/h17-22H,3-16H2,1-2H3. The van der Waals surface area contributed by atoms with Gasteiger partial charge in [0, 0.05) is 0 Å². The lowest BCUT2D eigenvalue weighted by atomic mass is 9.75. The monoisotopic (exact) mass is 304 g/mol. The number of hydrogen-bond donors (Lipinski definition) is 0. The zero-order valence-electron chi connectivity index (χ0n) is 15.4. The van der Waals surface area contributed by atoms with Gasteiger partial charge in [0.1, 0.15) is 0 Å². The van der Waals surface area contributed by atoms with E-state index in [0.29, 0.717) is 0 Å². The van der Waals surface area contributed by atoms with Crippen LogP contribution in [0, 0.1) is 35.5 Å². The Kier molecular flexibility index (Phi) is 6.28. The van der Waals surface area contributed by atoms with Crippen molar-refractivity contribution in [3.63, 3.8) is 0 Å². The summed E-state index contributed by atoms with van der Waals surface area (Å²) in [4.78, 5) is 0. The van der Waals surface area contributed by atoms with Crippen LogP contribution in [-0.4, -0.2) is 0 Å². The smallest absolute Gasteiger partial charge is 0.0383 e. The molecule has 0 aromatic carbocycles. The first kappa shape index (κ1) is 16.8. The van der Waals surface area contributed by atoms with Gasteiger partial charge < -0.3 is 0 Å². The molecule has 22 heavy (non-hydrogen) atoms. The fourth-order valence-corrected chi connectivity index (χ4v) is 5.74. The highest BCUT2D eigenvalue weighted by Gasteiger charge is 2.34. The lowest BCUT2D eigenvalue weighted by Crippen LogP contribution is -2.19. The quantitative estimate of drug-likeness (QED) is 0.505. The SMILES string of the molecule is CC1CCCC(C2CCCC(C)CC(C3CC3)CC2)CCC1. The molecule has 0 heterocycles. The second-order valence-corrected chi connectivity index (χ2v) is 9.43. The molecule has 0 amide bonds. The van der Waals surface area contributed by atoms with Crippen LogP contribution in [0.2, 0.25) is 0 Å². The van der Waals surface area contributed by atoms with Gasteiger partial charge in [0.05, 0.1) is 0 Å². The van der Waals surface area contributed by atoms with E-state index in [1.807, 2.05) is 0 Å². The Morgan fingerprint density at radius 3 is 1.41 bits per heavy atom. The van der Waals surface area contributed by atoms with Crippen molar-refractivity contribution in [3.8, 4) is 0 Å². The first-order chi connectivity index (χ1) is 10.7. The van der Waals surface area contributed by atoms with Crippen molar-refractivity contribution in [2.45, 2.75) is 104 Å². The van der Waals surface area contributed by atoms with Crippen molar-refractivity contribution in [2.24, 2.45) is 35.5 Å². The van der Waals surface area contributed by atoms with Crippen molar-refractivity contribution in [1.29, 1.82) is 0 Å². The molecule has 0 spiro atoms. The molecule has 0 radical (unpaired) electrons. The molecule has 0 N–H and O–H groups in total. The van der Waals surface area contributed by atoms with Gasteiger partial charge >= 0.3 is 0 Å². The summed E-state index contributed by atoms with van der Waals surface area (Å²) in [7, 11) is 0. The minimum Gasteiger partial charge on any atom is -0.0625 e. The summed E-state index contributed by atoms with van der Waals surface area (Å²) in [6, 6.07) is 0. The summed E-state index contributed by atoms with van der Waals surface area (Å²) >= 11 is 0. The van der Waals surface area contributed by atoms with Crippen molar-refractivity contribution in [1.82, 2.24) is 0 Å². The summed E-state index contributed by atoms with van der Waals surface area (Å²) in [5, 5.41) is 0. The van der Waals surface area contributed by atoms with Crippen LogP contribution in [0.5, 0.6) is 0 Å². The highest BCUT2D eigenvalue weighted by atomic mass is 14.4. The fraction of sp³-hybridized carbons (Fsp3) is 1.00. The normalized spacial score (nSPS) is 42.5. The summed E-state index contributed by atoms with van der Waals surface area (Å²) in [5.41, 5.74) is 0. The first-order valence-electron chi connectivity index (χ1n) is 10.7. The number of hydrogen-bond acceptors (Lipinski definition) is 0. The van der Waals surface area contributed by atoms with Crippen molar-refractivity contribution >= 4 is 0 Å². The fourth-order valence-electron chi connectivity index (χ4n) is 5.74. The number of rotatable bonds is 2. The molecule has 0 saturated heterocycles. The molecule has 3 aliphatic carbocycles. The maximum absolute atomic E-state index is 2.53. The highest BCUT2D eigenvalue weighted by Crippen LogP contribution is 2.45. The maximum Gasteiger partial charge on any atom is -0.0383 e. The molecule has 3 saturated carbocycles. The van der Waals surface area contributed by atoms with Gasteiger partial charge in [-0.05, 0) is 67.6 Å². The van der Waals surface area contributed by atoms with Gasteiger partial charge in [-0.25, -0.2) is 0 Å². The van der Waals surface area contributed by atoms with Gasteiger partial charge in [0.2, 0.25) is 0 Å². The molecule has 0 aromatic heterocycles. The van der Waals surface area contributed by atoms with E-state index in [1.54, 1.807) is 51.4 Å². The van der Waals surface area contributed by atoms with Crippen LogP contribution < -0.4 is 0 Å². The van der Waals surface area contributed by atoms with E-state index < -0.39 is 0 Å². The van der Waals surface area contributed by atoms with Crippen molar-refractivity contribution in [3.05, 3.63) is 0 Å². The lowest BCUT2D eigenvalue weighted by Gasteiger charge is -2.30. The van der Waals surface area contributed by atoms with Crippen LogP contribution in [0.3, 0.4) is 0 Å². The van der Waals surface area contributed by atoms with Crippen LogP contribution in [0.1, 0.15) is 104 Å². The molecule has 0 aromatic rings. The minimum absolute atomic E-state index is 1.00. The minimum atomic E-state index is 1.00. The molecule has 3 aliphatic rings. The zero-order valence-corrected chi connectivity index (χ0v) is 15.4. The van der Waals surface area contributed by atoms with Gasteiger partial charge in [-0.15, -0.1) is 0 Å². The van der Waals surface area contributed by atoms with Crippen molar-refractivity contribution in [2.75, 3.05) is 0 Å². The third-order valence-corrected chi connectivity index (χ3v) is 7.38. The second kappa shape index (κ2) is 8.20. The van der Waals surface area contributed by atoms with Crippen molar-refractivity contribution < 1.29 is 0 Å². The molecular weight excluding hydrogens is 264 g/mol. The van der Waals surface area contributed by atoms with E-state index in [9.17, 15) is 0 Å². The van der Waals surface area contributed by atoms with Crippen LogP contribution >= 0.6 is 0 Å². The average Bonchev–Trinajstić information content (AvgIpc) is 3.29. The highest BCUT2D eigenvalue weighted by molar-refractivity contribution is 4.85.